The number of piperidine rings is 1. The smallest absolute Gasteiger partial charge is 0.253 e. The maximum Gasteiger partial charge on any atom is 0.253 e. The molecule has 1 fully saturated rings. The van der Waals surface area contributed by atoms with Crippen molar-refractivity contribution < 1.29 is 9.59 Å². The van der Waals surface area contributed by atoms with Crippen molar-refractivity contribution in [3.8, 4) is 0 Å². The Balaban J connectivity index is 1.93. The Morgan fingerprint density at radius 3 is 2.62 bits per heavy atom. The second-order valence-electron chi connectivity index (χ2n) is 5.22. The first-order valence-electron chi connectivity index (χ1n) is 7.15. The van der Waals surface area contributed by atoms with Crippen LogP contribution in [0.1, 0.15) is 36.5 Å². The summed E-state index contributed by atoms with van der Waals surface area (Å²) in [6.07, 6.45) is 2.09. The van der Waals surface area contributed by atoms with Crippen LogP contribution >= 0.6 is 15.9 Å². The van der Waals surface area contributed by atoms with E-state index in [0.29, 0.717) is 30.8 Å². The number of rotatable bonds is 3. The predicted octanol–water partition coefficient (Wildman–Crippen LogP) is 2.16. The summed E-state index contributed by atoms with van der Waals surface area (Å²) in [5, 5.41) is 2.98. The highest BCUT2D eigenvalue weighted by Crippen LogP contribution is 2.22. The summed E-state index contributed by atoms with van der Waals surface area (Å²) >= 11 is 3.32. The molecule has 0 atom stereocenters. The molecule has 0 bridgehead atoms. The third-order valence-corrected chi connectivity index (χ3v) is 4.43. The van der Waals surface area contributed by atoms with Gasteiger partial charge in [0, 0.05) is 41.3 Å². The molecular formula is C15H20BrN3O2. The predicted molar refractivity (Wildman–Crippen MR) is 85.9 cm³/mol. The molecule has 3 N–H and O–H groups in total. The van der Waals surface area contributed by atoms with E-state index in [-0.39, 0.29) is 17.9 Å². The fourth-order valence-corrected chi connectivity index (χ4v) is 2.66. The molecule has 0 radical (unpaired) electrons. The molecule has 0 saturated carbocycles. The minimum absolute atomic E-state index is 0.00512. The molecular weight excluding hydrogens is 334 g/mol. The van der Waals surface area contributed by atoms with Crippen LogP contribution in [0.3, 0.4) is 0 Å². The highest BCUT2D eigenvalue weighted by Gasteiger charge is 2.24. The molecule has 6 heteroatoms. The fraction of sp³-hybridized carbons (Fsp3) is 0.467. The van der Waals surface area contributed by atoms with Gasteiger partial charge in [-0.1, -0.05) is 6.92 Å². The van der Waals surface area contributed by atoms with Crippen molar-refractivity contribution in [2.24, 2.45) is 0 Å². The number of nitrogen functional groups attached to an aromatic ring is 1. The number of amides is 2. The lowest BCUT2D eigenvalue weighted by atomic mass is 10.0. The zero-order chi connectivity index (χ0) is 15.4. The van der Waals surface area contributed by atoms with Gasteiger partial charge in [-0.15, -0.1) is 0 Å². The van der Waals surface area contributed by atoms with Gasteiger partial charge in [-0.25, -0.2) is 0 Å². The van der Waals surface area contributed by atoms with Gasteiger partial charge in [0.1, 0.15) is 0 Å². The Kier molecular flexibility index (Phi) is 5.22. The van der Waals surface area contributed by atoms with Gasteiger partial charge in [-0.3, -0.25) is 9.59 Å². The molecule has 1 saturated heterocycles. The first kappa shape index (κ1) is 15.8. The molecule has 1 aliphatic rings. The van der Waals surface area contributed by atoms with Crippen molar-refractivity contribution >= 4 is 33.4 Å². The van der Waals surface area contributed by atoms with Gasteiger partial charge in [0.2, 0.25) is 5.91 Å². The SMILES string of the molecule is CCC(=O)NC1CCN(C(=O)c2ccc(Br)c(N)c2)CC1. The van der Waals surface area contributed by atoms with Crippen LogP contribution in [0.15, 0.2) is 22.7 Å². The molecule has 0 unspecified atom stereocenters. The van der Waals surface area contributed by atoms with Crippen molar-refractivity contribution in [2.75, 3.05) is 18.8 Å². The lowest BCUT2D eigenvalue weighted by Crippen LogP contribution is -2.46. The van der Waals surface area contributed by atoms with Crippen molar-refractivity contribution in [3.63, 3.8) is 0 Å². The molecule has 2 amide bonds. The van der Waals surface area contributed by atoms with E-state index in [1.807, 2.05) is 11.8 Å². The van der Waals surface area contributed by atoms with E-state index in [2.05, 4.69) is 21.2 Å². The molecule has 5 nitrogen and oxygen atoms in total. The second-order valence-corrected chi connectivity index (χ2v) is 6.08. The van der Waals surface area contributed by atoms with Crippen molar-refractivity contribution in [3.05, 3.63) is 28.2 Å². The summed E-state index contributed by atoms with van der Waals surface area (Å²) in [5.74, 6) is 0.0647. The maximum atomic E-state index is 12.4. The normalized spacial score (nSPS) is 15.8. The largest absolute Gasteiger partial charge is 0.398 e. The van der Waals surface area contributed by atoms with Crippen LogP contribution in [-0.4, -0.2) is 35.8 Å². The van der Waals surface area contributed by atoms with E-state index >= 15 is 0 Å². The van der Waals surface area contributed by atoms with E-state index < -0.39 is 0 Å². The van der Waals surface area contributed by atoms with Crippen LogP contribution in [0.5, 0.6) is 0 Å². The topological polar surface area (TPSA) is 75.4 Å². The summed E-state index contributed by atoms with van der Waals surface area (Å²) in [4.78, 5) is 25.6. The number of carbonyl (C=O) groups excluding carboxylic acids is 2. The summed E-state index contributed by atoms with van der Waals surface area (Å²) in [6, 6.07) is 5.43. The lowest BCUT2D eigenvalue weighted by molar-refractivity contribution is -0.121. The monoisotopic (exact) mass is 353 g/mol. The maximum absolute atomic E-state index is 12.4. The average Bonchev–Trinajstić information content (AvgIpc) is 2.50. The van der Waals surface area contributed by atoms with Crippen LogP contribution in [0.2, 0.25) is 0 Å². The second kappa shape index (κ2) is 6.93. The minimum atomic E-state index is -0.00512. The Morgan fingerprint density at radius 2 is 2.05 bits per heavy atom. The summed E-state index contributed by atoms with van der Waals surface area (Å²) in [6.45, 7) is 3.15. The van der Waals surface area contributed by atoms with Gasteiger partial charge in [-0.05, 0) is 47.0 Å². The average molecular weight is 354 g/mol. The lowest BCUT2D eigenvalue weighted by Gasteiger charge is -2.32. The van der Waals surface area contributed by atoms with Crippen LogP contribution in [-0.2, 0) is 4.79 Å². The summed E-state index contributed by atoms with van der Waals surface area (Å²) in [7, 11) is 0. The van der Waals surface area contributed by atoms with Crippen molar-refractivity contribution in [1.29, 1.82) is 0 Å². The third-order valence-electron chi connectivity index (χ3n) is 3.71. The van der Waals surface area contributed by atoms with E-state index in [1.165, 1.54) is 0 Å². The number of nitrogens with two attached hydrogens (primary N) is 1. The van der Waals surface area contributed by atoms with Gasteiger partial charge >= 0.3 is 0 Å². The number of nitrogens with zero attached hydrogens (tertiary/aromatic N) is 1. The summed E-state index contributed by atoms with van der Waals surface area (Å²) in [5.41, 5.74) is 6.98. The number of carbonyl (C=O) groups is 2. The number of halogens is 1. The van der Waals surface area contributed by atoms with Crippen LogP contribution in [0, 0.1) is 0 Å². The molecule has 1 heterocycles. The van der Waals surface area contributed by atoms with Gasteiger partial charge in [-0.2, -0.15) is 0 Å². The molecule has 1 aromatic rings. The zero-order valence-corrected chi connectivity index (χ0v) is 13.6. The summed E-state index contributed by atoms with van der Waals surface area (Å²) < 4.78 is 0.792. The standard InChI is InChI=1S/C15H20BrN3O2/c1-2-14(20)18-11-5-7-19(8-6-11)15(21)10-3-4-12(16)13(17)9-10/h3-4,9,11H,2,5-8,17H2,1H3,(H,18,20). The quantitative estimate of drug-likeness (QED) is 0.817. The molecule has 0 aliphatic carbocycles. The van der Waals surface area contributed by atoms with Crippen molar-refractivity contribution in [1.82, 2.24) is 10.2 Å². The van der Waals surface area contributed by atoms with Gasteiger partial charge in [0.15, 0.2) is 0 Å². The first-order chi connectivity index (χ1) is 10.0. The van der Waals surface area contributed by atoms with E-state index in [4.69, 9.17) is 5.73 Å². The first-order valence-corrected chi connectivity index (χ1v) is 7.94. The van der Waals surface area contributed by atoms with Gasteiger partial charge < -0.3 is 16.0 Å². The Bertz CT molecular complexity index is 540. The number of hydrogen-bond acceptors (Lipinski definition) is 3. The number of likely N-dealkylation sites (tertiary alicyclic amines) is 1. The highest BCUT2D eigenvalue weighted by atomic mass is 79.9. The number of nitrogens with one attached hydrogen (secondary N) is 1. The molecule has 0 spiro atoms. The van der Waals surface area contributed by atoms with E-state index in [1.54, 1.807) is 18.2 Å². The van der Waals surface area contributed by atoms with E-state index in [9.17, 15) is 9.59 Å². The molecule has 1 aliphatic heterocycles. The number of hydrogen-bond donors (Lipinski definition) is 2. The van der Waals surface area contributed by atoms with Crippen LogP contribution < -0.4 is 11.1 Å². The van der Waals surface area contributed by atoms with Gasteiger partial charge in [0.25, 0.3) is 5.91 Å². The van der Waals surface area contributed by atoms with Gasteiger partial charge in [0.05, 0.1) is 0 Å². The fourth-order valence-electron chi connectivity index (χ4n) is 2.42. The van der Waals surface area contributed by atoms with Crippen LogP contribution in [0.25, 0.3) is 0 Å². The number of anilines is 1. The zero-order valence-electron chi connectivity index (χ0n) is 12.1. The third kappa shape index (κ3) is 3.97. The molecule has 0 aromatic heterocycles. The molecule has 114 valence electrons. The van der Waals surface area contributed by atoms with Crippen LogP contribution in [0.4, 0.5) is 5.69 Å². The Labute approximate surface area is 133 Å². The van der Waals surface area contributed by atoms with E-state index in [0.717, 1.165) is 17.3 Å². The molecule has 2 rings (SSSR count). The number of benzene rings is 1. The van der Waals surface area contributed by atoms with Crippen molar-refractivity contribution in [2.45, 2.75) is 32.2 Å². The Morgan fingerprint density at radius 1 is 1.38 bits per heavy atom. The highest BCUT2D eigenvalue weighted by molar-refractivity contribution is 9.10. The molecule has 1 aromatic carbocycles. The minimum Gasteiger partial charge on any atom is -0.398 e. The molecule has 21 heavy (non-hydrogen) atoms. The Hall–Kier alpha value is -1.56.